The van der Waals surface area contributed by atoms with Gasteiger partial charge in [-0.05, 0) is 0 Å². The van der Waals surface area contributed by atoms with Gasteiger partial charge in [0.2, 0.25) is 0 Å². The van der Waals surface area contributed by atoms with E-state index in [9.17, 15) is 17.5 Å². The van der Waals surface area contributed by atoms with Gasteiger partial charge in [0.15, 0.2) is 0 Å². The molecule has 2 atom stereocenters. The molecule has 0 bridgehead atoms. The minimum absolute atomic E-state index is 0. The Bertz CT molecular complexity index is 255. The van der Waals surface area contributed by atoms with Crippen LogP contribution in [0.1, 0.15) is 25.7 Å². The van der Waals surface area contributed by atoms with Crippen molar-refractivity contribution in [2.45, 2.75) is 36.3 Å². The Hall–Kier alpha value is 3.96. The van der Waals surface area contributed by atoms with Crippen LogP contribution in [0.5, 0.6) is 0 Å². The molecule has 12 heteroatoms. The van der Waals surface area contributed by atoms with Gasteiger partial charge in [-0.25, -0.2) is 0 Å². The first-order valence-electron chi connectivity index (χ1n) is 6.23. The molecule has 0 saturated heterocycles. The smallest absolute Gasteiger partial charge is 1.00 e. The van der Waals surface area contributed by atoms with Crippen LogP contribution in [0.25, 0.3) is 0 Å². The molecule has 0 amide bonds. The average Bonchev–Trinajstić information content (AvgIpc) is 2.38. The zero-order valence-corrected chi connectivity index (χ0v) is 23.8. The minimum Gasteiger partial charge on any atom is 1.00 e. The van der Waals surface area contributed by atoms with Crippen LogP contribution in [-0.4, -0.2) is 68.2 Å². The zero-order valence-electron chi connectivity index (χ0n) is 13.2. The molecule has 2 unspecified atom stereocenters. The summed E-state index contributed by atoms with van der Waals surface area (Å²) >= 11 is -2.47. The molecule has 22 heavy (non-hydrogen) atoms. The Morgan fingerprint density at radius 1 is 0.727 bits per heavy atom. The van der Waals surface area contributed by atoms with Crippen molar-refractivity contribution >= 4 is 70.2 Å². The van der Waals surface area contributed by atoms with Crippen molar-refractivity contribution in [2.75, 3.05) is 23.0 Å². The predicted molar refractivity (Wildman–Crippen MR) is 92.1 cm³/mol. The zero-order chi connectivity index (χ0) is 15.1. The molecule has 0 aromatic heterocycles. The molecule has 0 aliphatic carbocycles. The third-order valence-corrected chi connectivity index (χ3v) is 13.3. The van der Waals surface area contributed by atoms with Gasteiger partial charge in [-0.15, -0.1) is 0 Å². The molecule has 0 radical (unpaired) electrons. The Morgan fingerprint density at radius 2 is 1.09 bits per heavy atom. The van der Waals surface area contributed by atoms with Gasteiger partial charge >= 0.3 is 206 Å². The Kier molecular flexibility index (Phi) is 34.8. The van der Waals surface area contributed by atoms with Gasteiger partial charge in [0.1, 0.15) is 0 Å². The van der Waals surface area contributed by atoms with Crippen molar-refractivity contribution in [3.8, 4) is 0 Å². The third kappa shape index (κ3) is 28.7. The molecular weight excluding hydrogens is 516 g/mol. The summed E-state index contributed by atoms with van der Waals surface area (Å²) in [5, 5.41) is 2.59. The summed E-state index contributed by atoms with van der Waals surface area (Å²) < 4.78 is 41.2. The molecule has 0 rings (SSSR count). The van der Waals surface area contributed by atoms with Gasteiger partial charge in [-0.2, -0.15) is 0 Å². The van der Waals surface area contributed by atoms with E-state index in [2.05, 4.69) is 0 Å². The fourth-order valence-corrected chi connectivity index (χ4v) is 13.0. The fraction of sp³-hybridized carbons (Fsp3) is 1.00. The molecule has 0 aromatic carbocycles. The first kappa shape index (κ1) is 30.7. The van der Waals surface area contributed by atoms with Crippen LogP contribution < -0.4 is 59.1 Å². The van der Waals surface area contributed by atoms with E-state index in [1.807, 2.05) is 20.4 Å². The molecule has 0 aliphatic heterocycles. The Balaban J connectivity index is -0.00000180. The van der Waals surface area contributed by atoms with Crippen molar-refractivity contribution in [1.29, 1.82) is 0 Å². The topological polar surface area (TPSA) is 80.3 Å². The monoisotopic (exact) mass is 538 g/mol. The second-order valence-corrected chi connectivity index (χ2v) is 15.2. The van der Waals surface area contributed by atoms with E-state index in [0.717, 1.165) is 37.2 Å². The maximum absolute atomic E-state index is 10.3. The molecule has 0 spiro atoms. The molecule has 0 aliphatic rings. The van der Waals surface area contributed by atoms with Crippen molar-refractivity contribution in [1.82, 2.24) is 0 Å². The van der Waals surface area contributed by atoms with Gasteiger partial charge in [-0.3, -0.25) is 0 Å². The minimum atomic E-state index is -1.87. The van der Waals surface area contributed by atoms with E-state index in [4.69, 9.17) is 0 Å². The van der Waals surface area contributed by atoms with Crippen LogP contribution in [-0.2, 0) is 22.2 Å². The molecule has 0 aromatic rings. The first-order chi connectivity index (χ1) is 9.63. The fourth-order valence-electron chi connectivity index (χ4n) is 1.07. The standard InChI is InChI=1S/C10H22O4S4Se2.2Na/c11-17(12)7-3-1-5-15-19-9-10-20-16-6-2-4-8-18(13)14;;/h1-10H2,(H,11,12)(H,13,14);;/q;2*+1/p-2. The summed E-state index contributed by atoms with van der Waals surface area (Å²) in [4.78, 5) is 0. The van der Waals surface area contributed by atoms with Gasteiger partial charge in [-0.1, -0.05) is 0 Å². The van der Waals surface area contributed by atoms with Gasteiger partial charge in [0.05, 0.1) is 0 Å². The maximum Gasteiger partial charge on any atom is 1.00 e. The third-order valence-electron chi connectivity index (χ3n) is 1.99. The van der Waals surface area contributed by atoms with E-state index in [1.54, 1.807) is 0 Å². The Labute approximate surface area is 203 Å². The quantitative estimate of drug-likeness (QED) is 0.120. The molecule has 0 saturated carbocycles. The van der Waals surface area contributed by atoms with E-state index in [1.165, 1.54) is 10.6 Å². The summed E-state index contributed by atoms with van der Waals surface area (Å²) in [6.07, 6.45) is 3.57. The van der Waals surface area contributed by atoms with E-state index in [0.29, 0.717) is 39.2 Å². The van der Waals surface area contributed by atoms with Crippen molar-refractivity contribution in [3.63, 3.8) is 0 Å². The maximum atomic E-state index is 10.3. The number of hydrogen-bond donors (Lipinski definition) is 0. The number of hydrogen-bond acceptors (Lipinski definition) is 6. The van der Waals surface area contributed by atoms with Crippen molar-refractivity contribution < 1.29 is 76.6 Å². The van der Waals surface area contributed by atoms with Gasteiger partial charge < -0.3 is 0 Å². The summed E-state index contributed by atoms with van der Waals surface area (Å²) in [6, 6.07) is 0. The molecule has 4 nitrogen and oxygen atoms in total. The molecule has 0 N–H and O–H groups in total. The van der Waals surface area contributed by atoms with Crippen LogP contribution in [0.4, 0.5) is 0 Å². The number of rotatable bonds is 15. The van der Waals surface area contributed by atoms with E-state index in [-0.39, 0.29) is 59.1 Å². The summed E-state index contributed by atoms with van der Waals surface area (Å²) in [7, 11) is 3.95. The largest absolute Gasteiger partial charge is 1.00 e. The predicted octanol–water partition coefficient (Wildman–Crippen LogP) is -4.15. The normalized spacial score (nSPS) is 13.0. The average molecular weight is 536 g/mol. The molecule has 122 valence electrons. The summed E-state index contributed by atoms with van der Waals surface area (Å²) in [6.45, 7) is 0. The van der Waals surface area contributed by atoms with E-state index >= 15 is 0 Å². The Morgan fingerprint density at radius 3 is 1.41 bits per heavy atom. The van der Waals surface area contributed by atoms with Crippen LogP contribution in [0, 0.1) is 0 Å². The second kappa shape index (κ2) is 25.0. The van der Waals surface area contributed by atoms with Crippen LogP contribution >= 0.6 is 20.4 Å². The molecular formula is C10H20Na2O4S4Se2. The second-order valence-electron chi connectivity index (χ2n) is 3.72. The summed E-state index contributed by atoms with van der Waals surface area (Å²) in [5.74, 6) is 2.77. The van der Waals surface area contributed by atoms with Crippen molar-refractivity contribution in [3.05, 3.63) is 0 Å². The van der Waals surface area contributed by atoms with Crippen molar-refractivity contribution in [2.24, 2.45) is 0 Å². The van der Waals surface area contributed by atoms with E-state index < -0.39 is 22.2 Å². The van der Waals surface area contributed by atoms with Crippen LogP contribution in [0.15, 0.2) is 0 Å². The van der Waals surface area contributed by atoms with Gasteiger partial charge in [0.25, 0.3) is 0 Å². The van der Waals surface area contributed by atoms with Crippen LogP contribution in [0.3, 0.4) is 0 Å². The first-order valence-corrected chi connectivity index (χ1v) is 17.2. The molecule has 0 fully saturated rings. The molecule has 0 heterocycles. The van der Waals surface area contributed by atoms with Crippen LogP contribution in [0.2, 0.25) is 10.6 Å². The summed E-state index contributed by atoms with van der Waals surface area (Å²) in [5.41, 5.74) is 0. The van der Waals surface area contributed by atoms with Gasteiger partial charge in [0, 0.05) is 0 Å². The number of unbranched alkanes of at least 4 members (excludes halogenated alkanes) is 2. The SMILES string of the molecule is O=S([O-])CCCCS[Se]CC[Se]SCCCCS(=O)[O-].[Na+].[Na+].